The molecule has 0 spiro atoms. The smallest absolute Gasteiger partial charge is 0.119 e. The summed E-state index contributed by atoms with van der Waals surface area (Å²) in [5.41, 5.74) is 1.25. The van der Waals surface area contributed by atoms with E-state index in [9.17, 15) is 0 Å². The van der Waals surface area contributed by atoms with E-state index >= 15 is 0 Å². The summed E-state index contributed by atoms with van der Waals surface area (Å²) in [6, 6.07) is 9.26. The van der Waals surface area contributed by atoms with E-state index in [4.69, 9.17) is 4.74 Å². The predicted molar refractivity (Wildman–Crippen MR) is 84.4 cm³/mol. The Kier molecular flexibility index (Phi) is 4.83. The minimum absolute atomic E-state index is 0.454. The molecule has 0 aromatic heterocycles. The van der Waals surface area contributed by atoms with Gasteiger partial charge in [0.2, 0.25) is 0 Å². The maximum Gasteiger partial charge on any atom is 0.119 e. The molecule has 2 saturated carbocycles. The van der Waals surface area contributed by atoms with Gasteiger partial charge in [-0.25, -0.2) is 0 Å². The van der Waals surface area contributed by atoms with E-state index in [0.717, 1.165) is 5.75 Å². The van der Waals surface area contributed by atoms with Crippen molar-refractivity contribution >= 4 is 5.69 Å². The minimum atomic E-state index is 0.454. The lowest BCUT2D eigenvalue weighted by Gasteiger charge is -2.18. The molecular weight excluding hydrogens is 246 g/mol. The fourth-order valence-electron chi connectivity index (χ4n) is 3.49. The normalized spacial score (nSPS) is 21.6. The second-order valence-electron chi connectivity index (χ2n) is 6.38. The Hall–Kier alpha value is -1.18. The summed E-state index contributed by atoms with van der Waals surface area (Å²) >= 11 is 0. The highest BCUT2D eigenvalue weighted by Gasteiger charge is 2.16. The highest BCUT2D eigenvalue weighted by Crippen LogP contribution is 2.26. The van der Waals surface area contributed by atoms with Gasteiger partial charge >= 0.3 is 0 Å². The van der Waals surface area contributed by atoms with Gasteiger partial charge in [0, 0.05) is 11.7 Å². The minimum Gasteiger partial charge on any atom is -0.490 e. The molecule has 2 aliphatic carbocycles. The number of hydrogen-bond acceptors (Lipinski definition) is 2. The van der Waals surface area contributed by atoms with E-state index in [2.05, 4.69) is 29.6 Å². The second kappa shape index (κ2) is 7.01. The number of benzene rings is 1. The first-order chi connectivity index (χ1) is 9.90. The molecule has 110 valence electrons. The van der Waals surface area contributed by atoms with Gasteiger partial charge in [-0.2, -0.15) is 0 Å². The molecule has 0 heterocycles. The molecule has 3 rings (SSSR count). The van der Waals surface area contributed by atoms with E-state index in [1.807, 2.05) is 0 Å². The quantitative estimate of drug-likeness (QED) is 0.767. The van der Waals surface area contributed by atoms with Crippen LogP contribution in [0.25, 0.3) is 0 Å². The number of anilines is 1. The molecule has 0 atom stereocenters. The molecule has 1 aromatic rings. The van der Waals surface area contributed by atoms with Gasteiger partial charge in [-0.3, -0.25) is 0 Å². The molecule has 0 amide bonds. The lowest BCUT2D eigenvalue weighted by molar-refractivity contribution is 0.210. The fraction of sp³-hybridized carbons (Fsp3) is 0.667. The maximum absolute atomic E-state index is 6.01. The second-order valence-corrected chi connectivity index (χ2v) is 6.38. The number of nitrogens with one attached hydrogen (secondary N) is 1. The zero-order valence-corrected chi connectivity index (χ0v) is 12.4. The largest absolute Gasteiger partial charge is 0.490 e. The van der Waals surface area contributed by atoms with E-state index in [1.54, 1.807) is 0 Å². The Labute approximate surface area is 122 Å². The zero-order chi connectivity index (χ0) is 13.6. The first-order valence-corrected chi connectivity index (χ1v) is 8.43. The van der Waals surface area contributed by atoms with Crippen molar-refractivity contribution in [3.05, 3.63) is 24.3 Å². The van der Waals surface area contributed by atoms with Gasteiger partial charge in [-0.05, 0) is 62.8 Å². The fourth-order valence-corrected chi connectivity index (χ4v) is 3.49. The highest BCUT2D eigenvalue weighted by atomic mass is 16.5. The van der Waals surface area contributed by atoms with Crippen LogP contribution in [0.3, 0.4) is 0 Å². The number of hydrogen-bond donors (Lipinski definition) is 1. The Balaban J connectivity index is 1.52. The summed E-state index contributed by atoms with van der Waals surface area (Å²) in [5.74, 6) is 1.03. The van der Waals surface area contributed by atoms with Gasteiger partial charge < -0.3 is 10.1 Å². The van der Waals surface area contributed by atoms with Gasteiger partial charge in [-0.15, -0.1) is 0 Å². The van der Waals surface area contributed by atoms with E-state index < -0.39 is 0 Å². The maximum atomic E-state index is 6.01. The molecular formula is C18H27NO. The van der Waals surface area contributed by atoms with Crippen LogP contribution in [0.15, 0.2) is 24.3 Å². The molecule has 0 saturated heterocycles. The first kappa shape index (κ1) is 13.8. The van der Waals surface area contributed by atoms with Gasteiger partial charge in [0.05, 0.1) is 6.10 Å². The van der Waals surface area contributed by atoms with Crippen molar-refractivity contribution in [3.63, 3.8) is 0 Å². The van der Waals surface area contributed by atoms with Crippen LogP contribution < -0.4 is 10.1 Å². The van der Waals surface area contributed by atoms with Crippen molar-refractivity contribution in [1.29, 1.82) is 0 Å². The molecule has 2 aliphatic rings. The SMILES string of the molecule is c1cc(OC2CCCC2)ccc1NC1CCCCCC1. The molecule has 2 heteroatoms. The summed E-state index contributed by atoms with van der Waals surface area (Å²) < 4.78 is 6.01. The van der Waals surface area contributed by atoms with Crippen LogP contribution in [0.4, 0.5) is 5.69 Å². The van der Waals surface area contributed by atoms with Crippen molar-refractivity contribution in [1.82, 2.24) is 0 Å². The topological polar surface area (TPSA) is 21.3 Å². The lowest BCUT2D eigenvalue weighted by atomic mass is 10.1. The Morgan fingerprint density at radius 1 is 0.750 bits per heavy atom. The third kappa shape index (κ3) is 3.91. The Morgan fingerprint density at radius 3 is 2.00 bits per heavy atom. The Morgan fingerprint density at radius 2 is 1.35 bits per heavy atom. The van der Waals surface area contributed by atoms with Crippen molar-refractivity contribution < 1.29 is 4.74 Å². The van der Waals surface area contributed by atoms with Gasteiger partial charge in [0.25, 0.3) is 0 Å². The summed E-state index contributed by atoms with van der Waals surface area (Å²) in [6.45, 7) is 0. The van der Waals surface area contributed by atoms with Crippen LogP contribution in [0.1, 0.15) is 64.2 Å². The molecule has 1 N–H and O–H groups in total. The lowest BCUT2D eigenvalue weighted by Crippen LogP contribution is -2.18. The summed E-state index contributed by atoms with van der Waals surface area (Å²) in [4.78, 5) is 0. The molecule has 20 heavy (non-hydrogen) atoms. The molecule has 2 fully saturated rings. The summed E-state index contributed by atoms with van der Waals surface area (Å²) in [7, 11) is 0. The van der Waals surface area contributed by atoms with Crippen molar-refractivity contribution in [2.45, 2.75) is 76.4 Å². The van der Waals surface area contributed by atoms with Crippen LogP contribution >= 0.6 is 0 Å². The van der Waals surface area contributed by atoms with Crippen LogP contribution in [-0.4, -0.2) is 12.1 Å². The monoisotopic (exact) mass is 273 g/mol. The van der Waals surface area contributed by atoms with Crippen LogP contribution in [0, 0.1) is 0 Å². The average molecular weight is 273 g/mol. The highest BCUT2D eigenvalue weighted by molar-refractivity contribution is 5.47. The first-order valence-electron chi connectivity index (χ1n) is 8.43. The number of rotatable bonds is 4. The third-order valence-electron chi connectivity index (χ3n) is 4.69. The van der Waals surface area contributed by atoms with Crippen LogP contribution in [0.2, 0.25) is 0 Å². The predicted octanol–water partition coefficient (Wildman–Crippen LogP) is 5.14. The van der Waals surface area contributed by atoms with Crippen molar-refractivity contribution in [3.8, 4) is 5.75 Å². The third-order valence-corrected chi connectivity index (χ3v) is 4.69. The molecule has 0 aliphatic heterocycles. The van der Waals surface area contributed by atoms with Gasteiger partial charge in [0.15, 0.2) is 0 Å². The molecule has 0 radical (unpaired) electrons. The molecule has 0 bridgehead atoms. The average Bonchev–Trinajstić information content (AvgIpc) is 2.84. The van der Waals surface area contributed by atoms with Gasteiger partial charge in [0.1, 0.15) is 5.75 Å². The summed E-state index contributed by atoms with van der Waals surface area (Å²) in [5, 5.41) is 3.69. The molecule has 2 nitrogen and oxygen atoms in total. The molecule has 1 aromatic carbocycles. The van der Waals surface area contributed by atoms with Crippen molar-refractivity contribution in [2.75, 3.05) is 5.32 Å². The summed E-state index contributed by atoms with van der Waals surface area (Å²) in [6.07, 6.45) is 13.8. The van der Waals surface area contributed by atoms with Crippen LogP contribution in [0.5, 0.6) is 5.75 Å². The van der Waals surface area contributed by atoms with Crippen molar-refractivity contribution in [2.24, 2.45) is 0 Å². The Bertz CT molecular complexity index is 386. The van der Waals surface area contributed by atoms with E-state index in [-0.39, 0.29) is 0 Å². The standard InChI is InChI=1S/C18H27NO/c1-2-4-8-15(7-3-1)19-16-11-13-18(14-12-16)20-17-9-5-6-10-17/h11-15,17,19H,1-10H2. The van der Waals surface area contributed by atoms with E-state index in [1.165, 1.54) is 69.9 Å². The van der Waals surface area contributed by atoms with Gasteiger partial charge in [-0.1, -0.05) is 25.7 Å². The van der Waals surface area contributed by atoms with E-state index in [0.29, 0.717) is 12.1 Å². The van der Waals surface area contributed by atoms with Crippen LogP contribution in [-0.2, 0) is 0 Å². The number of ether oxygens (including phenoxy) is 1. The zero-order valence-electron chi connectivity index (χ0n) is 12.4. The molecule has 0 unspecified atom stereocenters.